The lowest BCUT2D eigenvalue weighted by Gasteiger charge is -2.48. The van der Waals surface area contributed by atoms with E-state index < -0.39 is 125 Å². The average Bonchev–Trinajstić information content (AvgIpc) is 3.12. The van der Waals surface area contributed by atoms with Crippen LogP contribution in [0.1, 0.15) is 123 Å². The number of halogens is 18. The van der Waals surface area contributed by atoms with Crippen LogP contribution in [-0.2, 0) is 47.6 Å². The molecule has 0 saturated carbocycles. The first-order valence-corrected chi connectivity index (χ1v) is 20.1. The molecule has 0 amide bonds. The van der Waals surface area contributed by atoms with E-state index in [1.165, 1.54) is 62.3 Å². The summed E-state index contributed by atoms with van der Waals surface area (Å²) in [4.78, 5) is 46.4. The minimum Gasteiger partial charge on any atom is -0.455 e. The van der Waals surface area contributed by atoms with Crippen molar-refractivity contribution in [1.82, 2.24) is 0 Å². The number of aliphatic hydroxyl groups is 1. The van der Waals surface area contributed by atoms with Gasteiger partial charge in [-0.2, -0.15) is 79.0 Å². The van der Waals surface area contributed by atoms with Gasteiger partial charge in [0.1, 0.15) is 0 Å². The normalized spacial score (nSPS) is 14.8. The van der Waals surface area contributed by atoms with Crippen molar-refractivity contribution < 1.29 is 132 Å². The van der Waals surface area contributed by atoms with Gasteiger partial charge in [-0.05, 0) is 88.5 Å². The fourth-order valence-corrected chi connectivity index (χ4v) is 4.72. The topological polar surface area (TPSA) is 144 Å². The molecular formula is C40H60F18O11. The predicted molar refractivity (Wildman–Crippen MR) is 204 cm³/mol. The molecule has 29 heteroatoms. The number of methoxy groups -OCH3 is 1. The Balaban J connectivity index is -0.000000959. The van der Waals surface area contributed by atoms with Crippen LogP contribution in [0, 0.1) is 22.2 Å². The molecule has 1 atom stereocenters. The fraction of sp³-hybridized carbons (Fsp3) is 0.900. The van der Waals surface area contributed by atoms with Crippen molar-refractivity contribution in [3.8, 4) is 0 Å². The van der Waals surface area contributed by atoms with Crippen molar-refractivity contribution in [2.24, 2.45) is 22.2 Å². The third-order valence-electron chi connectivity index (χ3n) is 10.6. The first kappa shape index (κ1) is 69.8. The maximum atomic E-state index is 13.9. The Morgan fingerprint density at radius 2 is 0.797 bits per heavy atom. The summed E-state index contributed by atoms with van der Waals surface area (Å²) in [5.74, 6) is -6.16. The minimum atomic E-state index is -6.06. The molecule has 0 aliphatic rings. The monoisotopic (exact) mass is 1060 g/mol. The van der Waals surface area contributed by atoms with Crippen LogP contribution in [-0.4, -0.2) is 115 Å². The predicted octanol–water partition coefficient (Wildman–Crippen LogP) is 11.9. The number of carbonyl (C=O) groups excluding carboxylic acids is 4. The van der Waals surface area contributed by atoms with Crippen molar-refractivity contribution in [1.29, 1.82) is 0 Å². The number of carbonyl (C=O) groups is 4. The van der Waals surface area contributed by atoms with Crippen LogP contribution in [0.3, 0.4) is 0 Å². The first-order valence-electron chi connectivity index (χ1n) is 20.1. The number of rotatable bonds is 17. The Morgan fingerprint density at radius 1 is 0.493 bits per heavy atom. The van der Waals surface area contributed by atoms with Gasteiger partial charge in [0.05, 0.1) is 16.2 Å². The summed E-state index contributed by atoms with van der Waals surface area (Å²) in [6.07, 6.45) is -41.1. The molecule has 0 aliphatic heterocycles. The summed E-state index contributed by atoms with van der Waals surface area (Å²) in [7, 11) is 0.932. The summed E-state index contributed by atoms with van der Waals surface area (Å²) in [6.45, 7) is 16.1. The van der Waals surface area contributed by atoms with Gasteiger partial charge >= 0.3 is 66.5 Å². The quantitative estimate of drug-likeness (QED) is 0.0643. The van der Waals surface area contributed by atoms with E-state index >= 15 is 0 Å². The van der Waals surface area contributed by atoms with Crippen molar-refractivity contribution in [2.45, 2.75) is 195 Å². The fourth-order valence-electron chi connectivity index (χ4n) is 4.72. The summed E-state index contributed by atoms with van der Waals surface area (Å²) in [5.41, 5.74) is -19.9. The van der Waals surface area contributed by atoms with Gasteiger partial charge in [-0.25, -0.2) is 4.79 Å². The first-order chi connectivity index (χ1) is 30.0. The molecule has 0 spiro atoms. The van der Waals surface area contributed by atoms with E-state index in [0.29, 0.717) is 34.1 Å². The van der Waals surface area contributed by atoms with Crippen LogP contribution in [0.5, 0.6) is 0 Å². The molecule has 0 aromatic rings. The maximum absolute atomic E-state index is 13.9. The summed E-state index contributed by atoms with van der Waals surface area (Å²) >= 11 is 0. The highest BCUT2D eigenvalue weighted by Gasteiger charge is 2.82. The highest BCUT2D eigenvalue weighted by molar-refractivity contribution is 5.80. The van der Waals surface area contributed by atoms with Gasteiger partial charge in [0.15, 0.2) is 24.1 Å². The molecule has 0 aromatic heterocycles. The molecule has 1 N–H and O–H groups in total. The van der Waals surface area contributed by atoms with Crippen molar-refractivity contribution in [3.05, 3.63) is 0 Å². The van der Waals surface area contributed by atoms with Crippen LogP contribution in [0.15, 0.2) is 0 Å². The SMILES string of the molecule is CCC(C)(C)C(=O)OC(C)(C)C(O)(C(F)(F)F)C(F)(F)F.CCC(C)(C)C(=O)OC(C)(C)C(OC(OC)C(C)C)(C(F)(F)F)C(F)(F)F.CCC(C)(C)C(=O)OCC(=O)OC(C(F)(F)F)C(F)(F)F. The largest absolute Gasteiger partial charge is 0.455 e. The van der Waals surface area contributed by atoms with Gasteiger partial charge in [0, 0.05) is 13.0 Å². The van der Waals surface area contributed by atoms with Gasteiger partial charge < -0.3 is 33.5 Å². The molecule has 412 valence electrons. The van der Waals surface area contributed by atoms with Crippen LogP contribution in [0.25, 0.3) is 0 Å². The lowest BCUT2D eigenvalue weighted by molar-refractivity contribution is -0.445. The zero-order valence-electron chi connectivity index (χ0n) is 40.4. The highest BCUT2D eigenvalue weighted by atomic mass is 19.4. The van der Waals surface area contributed by atoms with Crippen molar-refractivity contribution in [3.63, 3.8) is 0 Å². The third kappa shape index (κ3) is 17.6. The molecule has 0 rings (SSSR count). The van der Waals surface area contributed by atoms with E-state index in [2.05, 4.69) is 23.7 Å². The number of alkyl halides is 18. The van der Waals surface area contributed by atoms with Crippen LogP contribution in [0.2, 0.25) is 0 Å². The Morgan fingerprint density at radius 3 is 1.04 bits per heavy atom. The second-order valence-corrected chi connectivity index (χ2v) is 18.4. The number of ether oxygens (including phenoxy) is 6. The number of esters is 4. The zero-order valence-corrected chi connectivity index (χ0v) is 40.4. The van der Waals surface area contributed by atoms with Crippen molar-refractivity contribution in [2.75, 3.05) is 13.7 Å². The standard InChI is InChI=1S/C17H28F6O4.C12H18F6O3.C11H14F6O4/c1-9-13(4,5)12(24)27-14(6,7)15(16(18,19)20,17(21,22)23)26-11(25-8)10(2)3;1-6-8(2,3)7(19)21-9(4,5)10(20,11(13,14)15)12(16,17)18;1-4-9(2,3)8(19)20-5-6(18)21-7(10(12,13)14)11(15,16)17/h10-11H,9H2,1-8H3;20H,6H2,1-5H3;7H,4-5H2,1-3H3. The summed E-state index contributed by atoms with van der Waals surface area (Å²) in [5, 5.41) is 9.27. The Bertz CT molecular complexity index is 1630. The lowest BCUT2D eigenvalue weighted by Crippen LogP contribution is -2.72. The van der Waals surface area contributed by atoms with E-state index in [0.717, 1.165) is 7.11 Å². The highest BCUT2D eigenvalue weighted by Crippen LogP contribution is 2.55. The van der Waals surface area contributed by atoms with E-state index in [4.69, 9.17) is 4.74 Å². The van der Waals surface area contributed by atoms with Crippen molar-refractivity contribution >= 4 is 23.9 Å². The zero-order chi connectivity index (χ0) is 56.6. The molecule has 0 bridgehead atoms. The third-order valence-corrected chi connectivity index (χ3v) is 10.6. The number of hydrogen-bond donors (Lipinski definition) is 1. The Hall–Kier alpha value is -3.50. The summed E-state index contributed by atoms with van der Waals surface area (Å²) < 4.78 is 258. The van der Waals surface area contributed by atoms with Gasteiger partial charge in [0.25, 0.3) is 11.7 Å². The van der Waals surface area contributed by atoms with Crippen LogP contribution < -0.4 is 0 Å². The van der Waals surface area contributed by atoms with Gasteiger partial charge in [0.2, 0.25) is 0 Å². The smallest absolute Gasteiger partial charge is 0.434 e. The van der Waals surface area contributed by atoms with Crippen LogP contribution in [0.4, 0.5) is 79.0 Å². The lowest BCUT2D eigenvalue weighted by atomic mass is 9.82. The van der Waals surface area contributed by atoms with E-state index in [9.17, 15) is 103 Å². The second-order valence-electron chi connectivity index (χ2n) is 18.4. The molecule has 0 radical (unpaired) electrons. The van der Waals surface area contributed by atoms with E-state index in [1.807, 2.05) is 0 Å². The molecule has 0 saturated heterocycles. The molecule has 0 aliphatic carbocycles. The molecule has 0 fully saturated rings. The second kappa shape index (κ2) is 23.4. The molecule has 11 nitrogen and oxygen atoms in total. The van der Waals surface area contributed by atoms with E-state index in [1.54, 1.807) is 13.8 Å². The molecular weight excluding hydrogens is 998 g/mol. The average molecular weight is 1060 g/mol. The Kier molecular flexibility index (Phi) is 23.6. The number of hydrogen-bond acceptors (Lipinski definition) is 11. The minimum absolute atomic E-state index is 0.137. The van der Waals surface area contributed by atoms with E-state index in [-0.39, 0.29) is 12.8 Å². The van der Waals surface area contributed by atoms with Gasteiger partial charge in [-0.1, -0.05) is 34.6 Å². The molecule has 69 heavy (non-hydrogen) atoms. The molecule has 1 unspecified atom stereocenters. The maximum Gasteiger partial charge on any atom is 0.434 e. The molecule has 0 aromatic carbocycles. The summed E-state index contributed by atoms with van der Waals surface area (Å²) in [6, 6.07) is 0. The van der Waals surface area contributed by atoms with Gasteiger partial charge in [-0.15, -0.1) is 0 Å². The van der Waals surface area contributed by atoms with Crippen LogP contribution >= 0.6 is 0 Å². The Labute approximate surface area is 386 Å². The van der Waals surface area contributed by atoms with Gasteiger partial charge in [-0.3, -0.25) is 14.4 Å². The molecule has 0 heterocycles.